The molecule has 0 bridgehead atoms. The number of halogens is 2. The van der Waals surface area contributed by atoms with Gasteiger partial charge in [0.05, 0.1) is 5.69 Å². The van der Waals surface area contributed by atoms with Crippen LogP contribution in [-0.4, -0.2) is 11.6 Å². The third-order valence-corrected chi connectivity index (χ3v) is 3.82. The molecule has 2 aromatic rings. The van der Waals surface area contributed by atoms with Gasteiger partial charge in [-0.05, 0) is 37.6 Å². The van der Waals surface area contributed by atoms with Gasteiger partial charge in [-0.3, -0.25) is 4.79 Å². The number of hydrogen-bond acceptors (Lipinski definition) is 2. The first kappa shape index (κ1) is 14.4. The average molecular weight is 300 g/mol. The summed E-state index contributed by atoms with van der Waals surface area (Å²) in [5.41, 5.74) is 0.765. The number of carbonyl (C=O) groups is 1. The molecule has 1 N–H and O–H groups in total. The summed E-state index contributed by atoms with van der Waals surface area (Å²) < 4.78 is 27.3. The van der Waals surface area contributed by atoms with Gasteiger partial charge >= 0.3 is 0 Å². The van der Waals surface area contributed by atoms with E-state index in [1.807, 2.05) is 32.0 Å². The molecule has 3 nitrogen and oxygen atoms in total. The van der Waals surface area contributed by atoms with Gasteiger partial charge < -0.3 is 5.32 Å². The van der Waals surface area contributed by atoms with Crippen LogP contribution >= 0.6 is 0 Å². The van der Waals surface area contributed by atoms with Crippen molar-refractivity contribution in [1.82, 2.24) is 0 Å². The van der Waals surface area contributed by atoms with Crippen LogP contribution in [0.2, 0.25) is 0 Å². The summed E-state index contributed by atoms with van der Waals surface area (Å²) in [5, 5.41) is 2.29. The van der Waals surface area contributed by atoms with Crippen LogP contribution in [0.4, 0.5) is 20.2 Å². The summed E-state index contributed by atoms with van der Waals surface area (Å²) in [5.74, 6) is -2.24. The Labute approximate surface area is 126 Å². The number of hydrogen-bond donors (Lipinski definition) is 1. The van der Waals surface area contributed by atoms with Gasteiger partial charge in [-0.1, -0.05) is 24.3 Å². The fourth-order valence-electron chi connectivity index (χ4n) is 2.61. The lowest BCUT2D eigenvalue weighted by Gasteiger charge is -2.21. The SMILES string of the molecule is CC1(C)C(C(=O)Nc2c(F)cccc2F)=Nc2ccccc21. The molecule has 5 heteroatoms. The highest BCUT2D eigenvalue weighted by atomic mass is 19.1. The number of carbonyl (C=O) groups excluding carboxylic acids is 1. The average Bonchev–Trinajstić information content (AvgIpc) is 2.75. The number of rotatable bonds is 2. The fourth-order valence-corrected chi connectivity index (χ4v) is 2.61. The molecule has 0 fully saturated rings. The van der Waals surface area contributed by atoms with Gasteiger partial charge in [-0.2, -0.15) is 0 Å². The quantitative estimate of drug-likeness (QED) is 0.896. The zero-order valence-corrected chi connectivity index (χ0v) is 12.2. The lowest BCUT2D eigenvalue weighted by atomic mass is 9.81. The van der Waals surface area contributed by atoms with Gasteiger partial charge in [0, 0.05) is 5.41 Å². The minimum absolute atomic E-state index is 0.233. The number of amides is 1. The summed E-state index contributed by atoms with van der Waals surface area (Å²) in [7, 11) is 0. The smallest absolute Gasteiger partial charge is 0.271 e. The molecule has 0 saturated carbocycles. The molecule has 0 atom stereocenters. The summed E-state index contributed by atoms with van der Waals surface area (Å²) in [4.78, 5) is 16.7. The molecule has 0 spiro atoms. The van der Waals surface area contributed by atoms with Gasteiger partial charge in [0.25, 0.3) is 5.91 Å². The van der Waals surface area contributed by atoms with Crippen molar-refractivity contribution in [3.05, 3.63) is 59.7 Å². The van der Waals surface area contributed by atoms with Crippen molar-refractivity contribution in [2.45, 2.75) is 19.3 Å². The summed E-state index contributed by atoms with van der Waals surface area (Å²) >= 11 is 0. The van der Waals surface area contributed by atoms with E-state index >= 15 is 0 Å². The van der Waals surface area contributed by atoms with Crippen LogP contribution in [0, 0.1) is 11.6 Å². The number of aliphatic imine (C=N–C) groups is 1. The van der Waals surface area contributed by atoms with E-state index in [2.05, 4.69) is 10.3 Å². The van der Waals surface area contributed by atoms with Crippen LogP contribution in [0.5, 0.6) is 0 Å². The number of para-hydroxylation sites is 2. The molecule has 2 aromatic carbocycles. The largest absolute Gasteiger partial charge is 0.316 e. The second-order valence-corrected chi connectivity index (χ2v) is 5.65. The summed E-state index contributed by atoms with van der Waals surface area (Å²) in [6, 6.07) is 10.8. The van der Waals surface area contributed by atoms with Gasteiger partial charge in [0.1, 0.15) is 23.0 Å². The molecule has 1 aliphatic rings. The fraction of sp³-hybridized carbons (Fsp3) is 0.176. The molecule has 22 heavy (non-hydrogen) atoms. The van der Waals surface area contributed by atoms with E-state index in [1.54, 1.807) is 6.07 Å². The number of nitrogens with one attached hydrogen (secondary N) is 1. The van der Waals surface area contributed by atoms with Gasteiger partial charge in [-0.25, -0.2) is 13.8 Å². The second-order valence-electron chi connectivity index (χ2n) is 5.65. The molecule has 0 unspecified atom stereocenters. The van der Waals surface area contributed by atoms with E-state index in [-0.39, 0.29) is 5.71 Å². The number of nitrogens with zero attached hydrogens (tertiary/aromatic N) is 1. The molecule has 1 amide bonds. The van der Waals surface area contributed by atoms with Crippen molar-refractivity contribution < 1.29 is 13.6 Å². The van der Waals surface area contributed by atoms with Crippen LogP contribution in [0.25, 0.3) is 0 Å². The Balaban J connectivity index is 1.95. The first-order valence-electron chi connectivity index (χ1n) is 6.85. The van der Waals surface area contributed by atoms with Gasteiger partial charge in [-0.15, -0.1) is 0 Å². The van der Waals surface area contributed by atoms with Crippen molar-refractivity contribution in [3.63, 3.8) is 0 Å². The molecule has 1 heterocycles. The zero-order valence-electron chi connectivity index (χ0n) is 12.2. The van der Waals surface area contributed by atoms with Crippen molar-refractivity contribution in [3.8, 4) is 0 Å². The monoisotopic (exact) mass is 300 g/mol. The first-order valence-corrected chi connectivity index (χ1v) is 6.85. The Bertz CT molecular complexity index is 777. The topological polar surface area (TPSA) is 41.5 Å². The molecule has 0 aliphatic carbocycles. The Morgan fingerprint density at radius 1 is 1.05 bits per heavy atom. The van der Waals surface area contributed by atoms with Crippen molar-refractivity contribution in [1.29, 1.82) is 0 Å². The molecule has 0 radical (unpaired) electrons. The molecular weight excluding hydrogens is 286 g/mol. The molecular formula is C17H14F2N2O. The Morgan fingerprint density at radius 3 is 2.32 bits per heavy atom. The predicted molar refractivity (Wildman–Crippen MR) is 81.6 cm³/mol. The Kier molecular flexibility index (Phi) is 3.28. The maximum absolute atomic E-state index is 13.7. The lowest BCUT2D eigenvalue weighted by Crippen LogP contribution is -2.36. The molecule has 0 aromatic heterocycles. The summed E-state index contributed by atoms with van der Waals surface area (Å²) in [6.45, 7) is 3.71. The molecule has 112 valence electrons. The van der Waals surface area contributed by atoms with Crippen molar-refractivity contribution in [2.24, 2.45) is 4.99 Å². The van der Waals surface area contributed by atoms with Crippen molar-refractivity contribution in [2.75, 3.05) is 5.32 Å². The van der Waals surface area contributed by atoms with Crippen LogP contribution in [-0.2, 0) is 10.2 Å². The minimum Gasteiger partial charge on any atom is -0.316 e. The highest BCUT2D eigenvalue weighted by Crippen LogP contribution is 2.40. The highest BCUT2D eigenvalue weighted by Gasteiger charge is 2.39. The lowest BCUT2D eigenvalue weighted by molar-refractivity contribution is -0.110. The Morgan fingerprint density at radius 2 is 1.68 bits per heavy atom. The van der Waals surface area contributed by atoms with E-state index in [9.17, 15) is 13.6 Å². The van der Waals surface area contributed by atoms with Crippen LogP contribution < -0.4 is 5.32 Å². The zero-order chi connectivity index (χ0) is 15.9. The van der Waals surface area contributed by atoms with E-state index < -0.39 is 28.6 Å². The first-order chi connectivity index (χ1) is 10.4. The normalized spacial score (nSPS) is 15.2. The maximum Gasteiger partial charge on any atom is 0.271 e. The van der Waals surface area contributed by atoms with E-state index in [0.717, 1.165) is 17.7 Å². The molecule has 3 rings (SSSR count). The number of fused-ring (bicyclic) bond motifs is 1. The van der Waals surface area contributed by atoms with Crippen LogP contribution in [0.15, 0.2) is 47.5 Å². The predicted octanol–water partition coefficient (Wildman–Crippen LogP) is 3.97. The third-order valence-electron chi connectivity index (χ3n) is 3.82. The number of benzene rings is 2. The molecule has 0 saturated heterocycles. The third kappa shape index (κ3) is 2.19. The Hall–Kier alpha value is -2.56. The van der Waals surface area contributed by atoms with Crippen LogP contribution in [0.1, 0.15) is 19.4 Å². The second kappa shape index (κ2) is 5.02. The van der Waals surface area contributed by atoms with Crippen LogP contribution in [0.3, 0.4) is 0 Å². The van der Waals surface area contributed by atoms with Crippen molar-refractivity contribution >= 4 is 23.0 Å². The highest BCUT2D eigenvalue weighted by molar-refractivity contribution is 6.47. The number of anilines is 1. The van der Waals surface area contributed by atoms with Gasteiger partial charge in [0.15, 0.2) is 0 Å². The molecule has 1 aliphatic heterocycles. The minimum atomic E-state index is -0.817. The van der Waals surface area contributed by atoms with E-state index in [1.165, 1.54) is 6.07 Å². The van der Waals surface area contributed by atoms with E-state index in [4.69, 9.17) is 0 Å². The van der Waals surface area contributed by atoms with Gasteiger partial charge in [0.2, 0.25) is 0 Å². The maximum atomic E-state index is 13.7. The van der Waals surface area contributed by atoms with E-state index in [0.29, 0.717) is 5.69 Å². The summed E-state index contributed by atoms with van der Waals surface area (Å²) in [6.07, 6.45) is 0. The standard InChI is InChI=1S/C17H14F2N2O/c1-17(2)10-6-3-4-9-13(10)20-15(17)16(22)21-14-11(18)7-5-8-12(14)19/h3-9H,1-2H3,(H,21,22).